The Morgan fingerprint density at radius 3 is 3.00 bits per heavy atom. The molecule has 1 fully saturated rings. The number of aromatic nitrogens is 2. The zero-order valence-electron chi connectivity index (χ0n) is 10.9. The normalized spacial score (nSPS) is 18.2. The highest BCUT2D eigenvalue weighted by Crippen LogP contribution is 2.24. The largest absolute Gasteiger partial charge is 0.445 e. The molecule has 0 N–H and O–H groups in total. The van der Waals surface area contributed by atoms with Crippen molar-refractivity contribution in [2.75, 3.05) is 13.1 Å². The summed E-state index contributed by atoms with van der Waals surface area (Å²) >= 11 is 0. The van der Waals surface area contributed by atoms with E-state index in [9.17, 15) is 4.79 Å². The van der Waals surface area contributed by atoms with Gasteiger partial charge in [0.1, 0.15) is 6.61 Å². The van der Waals surface area contributed by atoms with Gasteiger partial charge in [0.2, 0.25) is 6.39 Å². The Morgan fingerprint density at radius 1 is 1.40 bits per heavy atom. The number of amides is 1. The lowest BCUT2D eigenvalue weighted by Crippen LogP contribution is -2.29. The van der Waals surface area contributed by atoms with Crippen molar-refractivity contribution >= 4 is 6.09 Å². The van der Waals surface area contributed by atoms with E-state index in [1.165, 1.54) is 6.39 Å². The van der Waals surface area contributed by atoms with Gasteiger partial charge in [0.05, 0.1) is 0 Å². The summed E-state index contributed by atoms with van der Waals surface area (Å²) in [6.45, 7) is 1.53. The Balaban J connectivity index is 1.51. The van der Waals surface area contributed by atoms with Gasteiger partial charge >= 0.3 is 6.09 Å². The highest BCUT2D eigenvalue weighted by molar-refractivity contribution is 5.68. The standard InChI is InChI=1S/C14H15N3O3/c18-14(19-9-11-4-2-1-3-5-11)17-7-6-12(8-17)13-15-10-20-16-13/h1-5,10,12H,6-9H2. The topological polar surface area (TPSA) is 68.5 Å². The van der Waals surface area contributed by atoms with Gasteiger partial charge in [-0.25, -0.2) is 4.79 Å². The van der Waals surface area contributed by atoms with Gasteiger partial charge in [-0.3, -0.25) is 0 Å². The number of hydrogen-bond donors (Lipinski definition) is 0. The van der Waals surface area contributed by atoms with Crippen LogP contribution in [0.2, 0.25) is 0 Å². The molecule has 6 heteroatoms. The van der Waals surface area contributed by atoms with Crippen LogP contribution < -0.4 is 0 Å². The minimum absolute atomic E-state index is 0.137. The van der Waals surface area contributed by atoms with Crippen molar-refractivity contribution in [2.24, 2.45) is 0 Å². The van der Waals surface area contributed by atoms with Gasteiger partial charge in [0.25, 0.3) is 0 Å². The molecule has 0 spiro atoms. The molecule has 2 aromatic rings. The molecule has 0 aliphatic carbocycles. The molecule has 1 aliphatic heterocycles. The molecule has 1 unspecified atom stereocenters. The highest BCUT2D eigenvalue weighted by atomic mass is 16.6. The molecule has 20 heavy (non-hydrogen) atoms. The first kappa shape index (κ1) is 12.7. The van der Waals surface area contributed by atoms with E-state index in [0.29, 0.717) is 25.5 Å². The summed E-state index contributed by atoms with van der Waals surface area (Å²) in [5.74, 6) is 0.793. The molecule has 1 saturated heterocycles. The fraction of sp³-hybridized carbons (Fsp3) is 0.357. The first-order valence-electron chi connectivity index (χ1n) is 6.55. The average molecular weight is 273 g/mol. The van der Waals surface area contributed by atoms with Gasteiger partial charge in [-0.15, -0.1) is 0 Å². The molecular formula is C14H15N3O3. The van der Waals surface area contributed by atoms with Gasteiger partial charge < -0.3 is 14.2 Å². The lowest BCUT2D eigenvalue weighted by Gasteiger charge is -2.15. The summed E-state index contributed by atoms with van der Waals surface area (Å²) < 4.78 is 10.0. The summed E-state index contributed by atoms with van der Waals surface area (Å²) in [6.07, 6.45) is 1.85. The van der Waals surface area contributed by atoms with Crippen LogP contribution in [0.3, 0.4) is 0 Å². The molecule has 104 valence electrons. The third-order valence-electron chi connectivity index (χ3n) is 3.40. The van der Waals surface area contributed by atoms with E-state index in [-0.39, 0.29) is 12.0 Å². The van der Waals surface area contributed by atoms with E-state index in [1.807, 2.05) is 30.3 Å². The number of carbonyl (C=O) groups excluding carboxylic acids is 1. The quantitative estimate of drug-likeness (QED) is 0.857. The van der Waals surface area contributed by atoms with Crippen molar-refractivity contribution in [2.45, 2.75) is 18.9 Å². The number of ether oxygens (including phenoxy) is 1. The number of rotatable bonds is 3. The smallest absolute Gasteiger partial charge is 0.410 e. The Bertz CT molecular complexity index is 556. The fourth-order valence-electron chi connectivity index (χ4n) is 2.31. The Kier molecular flexibility index (Phi) is 3.62. The van der Waals surface area contributed by atoms with Crippen LogP contribution in [0.5, 0.6) is 0 Å². The van der Waals surface area contributed by atoms with E-state index < -0.39 is 0 Å². The molecular weight excluding hydrogens is 258 g/mol. The summed E-state index contributed by atoms with van der Waals surface area (Å²) in [5, 5.41) is 3.82. The van der Waals surface area contributed by atoms with Crippen LogP contribution in [0.1, 0.15) is 23.7 Å². The molecule has 1 aliphatic rings. The minimum Gasteiger partial charge on any atom is -0.445 e. The van der Waals surface area contributed by atoms with Crippen molar-refractivity contribution in [3.05, 3.63) is 48.1 Å². The van der Waals surface area contributed by atoms with Crippen molar-refractivity contribution in [3.8, 4) is 0 Å². The molecule has 1 amide bonds. The first-order valence-corrected chi connectivity index (χ1v) is 6.55. The molecule has 6 nitrogen and oxygen atoms in total. The first-order chi connectivity index (χ1) is 9.83. The summed E-state index contributed by atoms with van der Waals surface area (Å²) in [6, 6.07) is 9.64. The zero-order valence-corrected chi connectivity index (χ0v) is 10.9. The Labute approximate surface area is 116 Å². The average Bonchev–Trinajstić information content (AvgIpc) is 3.16. The van der Waals surface area contributed by atoms with Crippen molar-refractivity contribution < 1.29 is 14.1 Å². The van der Waals surface area contributed by atoms with Crippen LogP contribution in [0.15, 0.2) is 41.2 Å². The maximum atomic E-state index is 12.0. The number of hydrogen-bond acceptors (Lipinski definition) is 5. The van der Waals surface area contributed by atoms with Gasteiger partial charge in [-0.2, -0.15) is 4.98 Å². The molecule has 1 aromatic heterocycles. The lowest BCUT2D eigenvalue weighted by molar-refractivity contribution is 0.104. The van der Waals surface area contributed by atoms with Crippen LogP contribution in [0.4, 0.5) is 4.79 Å². The van der Waals surface area contributed by atoms with Gasteiger partial charge in [-0.05, 0) is 12.0 Å². The van der Waals surface area contributed by atoms with E-state index >= 15 is 0 Å². The predicted octanol–water partition coefficient (Wildman–Crippen LogP) is 2.20. The summed E-state index contributed by atoms with van der Waals surface area (Å²) in [5.41, 5.74) is 0.981. The Morgan fingerprint density at radius 2 is 2.25 bits per heavy atom. The second kappa shape index (κ2) is 5.73. The third-order valence-corrected chi connectivity index (χ3v) is 3.40. The van der Waals surface area contributed by atoms with Gasteiger partial charge in [-0.1, -0.05) is 35.5 Å². The van der Waals surface area contributed by atoms with Crippen molar-refractivity contribution in [3.63, 3.8) is 0 Å². The van der Waals surface area contributed by atoms with E-state index in [2.05, 4.69) is 10.1 Å². The number of nitrogens with zero attached hydrogens (tertiary/aromatic N) is 3. The molecule has 0 bridgehead atoms. The monoisotopic (exact) mass is 273 g/mol. The van der Waals surface area contributed by atoms with Crippen LogP contribution in [-0.2, 0) is 11.3 Å². The van der Waals surface area contributed by atoms with Crippen LogP contribution in [0, 0.1) is 0 Å². The molecule has 3 rings (SSSR count). The highest BCUT2D eigenvalue weighted by Gasteiger charge is 2.30. The molecule has 1 atom stereocenters. The fourth-order valence-corrected chi connectivity index (χ4v) is 2.31. The molecule has 2 heterocycles. The van der Waals surface area contributed by atoms with E-state index in [1.54, 1.807) is 4.90 Å². The lowest BCUT2D eigenvalue weighted by atomic mass is 10.1. The third kappa shape index (κ3) is 2.79. The predicted molar refractivity (Wildman–Crippen MR) is 69.9 cm³/mol. The van der Waals surface area contributed by atoms with Crippen LogP contribution >= 0.6 is 0 Å². The molecule has 0 saturated carbocycles. The SMILES string of the molecule is O=C(OCc1ccccc1)N1CCC(c2ncon2)C1. The maximum Gasteiger partial charge on any atom is 0.410 e. The summed E-state index contributed by atoms with van der Waals surface area (Å²) in [7, 11) is 0. The van der Waals surface area contributed by atoms with Crippen LogP contribution in [0.25, 0.3) is 0 Å². The van der Waals surface area contributed by atoms with Crippen LogP contribution in [-0.4, -0.2) is 34.2 Å². The van der Waals surface area contributed by atoms with E-state index in [4.69, 9.17) is 9.26 Å². The second-order valence-corrected chi connectivity index (χ2v) is 4.76. The van der Waals surface area contributed by atoms with Crippen molar-refractivity contribution in [1.29, 1.82) is 0 Å². The Hall–Kier alpha value is -2.37. The minimum atomic E-state index is -0.292. The van der Waals surface area contributed by atoms with Gasteiger partial charge in [0, 0.05) is 19.0 Å². The number of carbonyl (C=O) groups is 1. The van der Waals surface area contributed by atoms with E-state index in [0.717, 1.165) is 12.0 Å². The number of likely N-dealkylation sites (tertiary alicyclic amines) is 1. The second-order valence-electron chi connectivity index (χ2n) is 4.76. The molecule has 1 aromatic carbocycles. The maximum absolute atomic E-state index is 12.0. The number of benzene rings is 1. The zero-order chi connectivity index (χ0) is 13.8. The van der Waals surface area contributed by atoms with Gasteiger partial charge in [0.15, 0.2) is 5.82 Å². The van der Waals surface area contributed by atoms with Crippen molar-refractivity contribution in [1.82, 2.24) is 15.0 Å². The summed E-state index contributed by atoms with van der Waals surface area (Å²) in [4.78, 5) is 17.7. The molecule has 0 radical (unpaired) electrons.